The van der Waals surface area contributed by atoms with E-state index in [-0.39, 0.29) is 18.1 Å². The zero-order valence-electron chi connectivity index (χ0n) is 8.98. The van der Waals surface area contributed by atoms with Crippen LogP contribution in [-0.4, -0.2) is 22.0 Å². The van der Waals surface area contributed by atoms with E-state index in [9.17, 15) is 9.59 Å². The van der Waals surface area contributed by atoms with Gasteiger partial charge in [-0.3, -0.25) is 4.79 Å². The summed E-state index contributed by atoms with van der Waals surface area (Å²) in [6.07, 6.45) is 1.71. The highest BCUT2D eigenvalue weighted by Gasteiger charge is 2.09. The quantitative estimate of drug-likeness (QED) is 0.780. The third-order valence-electron chi connectivity index (χ3n) is 1.96. The Morgan fingerprint density at radius 1 is 1.62 bits per heavy atom. The molecule has 5 nitrogen and oxygen atoms in total. The minimum atomic E-state index is -1.06. The first-order valence-corrected chi connectivity index (χ1v) is 5.51. The zero-order valence-corrected chi connectivity index (χ0v) is 9.80. The number of carboxylic acid groups (broad SMARTS) is 1. The van der Waals surface area contributed by atoms with Gasteiger partial charge >= 0.3 is 5.97 Å². The first-order valence-electron chi connectivity index (χ1n) is 4.63. The molecule has 0 spiro atoms. The van der Waals surface area contributed by atoms with Crippen LogP contribution in [-0.2, 0) is 11.3 Å². The van der Waals surface area contributed by atoms with Gasteiger partial charge in [0.05, 0.1) is 6.54 Å². The number of carboxylic acids is 1. The van der Waals surface area contributed by atoms with E-state index in [4.69, 9.17) is 5.11 Å². The van der Waals surface area contributed by atoms with E-state index in [1.54, 1.807) is 19.9 Å². The van der Waals surface area contributed by atoms with E-state index in [1.165, 1.54) is 16.7 Å². The van der Waals surface area contributed by atoms with Crippen molar-refractivity contribution in [3.05, 3.63) is 27.7 Å². The van der Waals surface area contributed by atoms with Crippen molar-refractivity contribution < 1.29 is 14.7 Å². The van der Waals surface area contributed by atoms with E-state index >= 15 is 0 Å². The number of nitrogens with one attached hydrogen (secondary N) is 1. The monoisotopic (exact) mass is 240 g/mol. The largest absolute Gasteiger partial charge is 0.476 e. The van der Waals surface area contributed by atoms with Gasteiger partial charge in [-0.05, 0) is 13.8 Å². The molecule has 0 bridgehead atoms. The molecule has 0 radical (unpaired) electrons. The number of amides is 1. The van der Waals surface area contributed by atoms with Crippen molar-refractivity contribution in [3.63, 3.8) is 0 Å². The van der Waals surface area contributed by atoms with Crippen molar-refractivity contribution in [2.45, 2.75) is 20.4 Å². The van der Waals surface area contributed by atoms with Crippen LogP contribution in [0.25, 0.3) is 0 Å². The number of hydrogen-bond donors (Lipinski definition) is 2. The molecule has 0 aromatic carbocycles. The molecular formula is C10H12N2O3S. The van der Waals surface area contributed by atoms with Crippen molar-refractivity contribution in [3.8, 4) is 0 Å². The average molecular weight is 240 g/mol. The molecule has 1 aromatic rings. The lowest BCUT2D eigenvalue weighted by Gasteiger charge is -2.01. The van der Waals surface area contributed by atoms with Crippen molar-refractivity contribution in [2.24, 2.45) is 0 Å². The van der Waals surface area contributed by atoms with Crippen LogP contribution in [0.5, 0.6) is 0 Å². The Morgan fingerprint density at radius 3 is 2.81 bits per heavy atom. The summed E-state index contributed by atoms with van der Waals surface area (Å²) >= 11 is 1.21. The second-order valence-electron chi connectivity index (χ2n) is 3.09. The number of allylic oxidation sites excluding steroid dienone is 1. The molecule has 0 unspecified atom stereocenters. The zero-order chi connectivity index (χ0) is 12.1. The molecule has 2 N–H and O–H groups in total. The van der Waals surface area contributed by atoms with Gasteiger partial charge in [0.25, 0.3) is 0 Å². The lowest BCUT2D eigenvalue weighted by molar-refractivity contribution is -0.117. The van der Waals surface area contributed by atoms with Gasteiger partial charge in [-0.1, -0.05) is 6.08 Å². The van der Waals surface area contributed by atoms with Gasteiger partial charge in [-0.15, -0.1) is 11.3 Å². The standard InChI is InChI=1S/C10H12N2O3S/c1-3-6(2)9(13)11-4-8-12-7(5-16-8)10(14)15/h3,5H,4H2,1-2H3,(H,11,13)(H,14,15)/b6-3-. The molecule has 0 saturated heterocycles. The first kappa shape index (κ1) is 12.4. The molecule has 0 aliphatic rings. The van der Waals surface area contributed by atoms with Crippen LogP contribution in [0.15, 0.2) is 17.0 Å². The highest BCUT2D eigenvalue weighted by atomic mass is 32.1. The first-order chi connectivity index (χ1) is 7.54. The molecule has 1 aromatic heterocycles. The van der Waals surface area contributed by atoms with Crippen LogP contribution in [0.4, 0.5) is 0 Å². The summed E-state index contributed by atoms with van der Waals surface area (Å²) in [5.41, 5.74) is 0.631. The number of nitrogens with zero attached hydrogens (tertiary/aromatic N) is 1. The Balaban J connectivity index is 2.55. The maximum atomic E-state index is 11.4. The van der Waals surface area contributed by atoms with E-state index < -0.39 is 5.97 Å². The number of aromatic nitrogens is 1. The molecule has 86 valence electrons. The SMILES string of the molecule is C/C=C(/C)C(=O)NCc1nc(C(=O)O)cs1. The molecule has 0 aliphatic carbocycles. The van der Waals surface area contributed by atoms with Gasteiger partial charge in [0.2, 0.25) is 5.91 Å². The number of carbonyl (C=O) groups excluding carboxylic acids is 1. The highest BCUT2D eigenvalue weighted by molar-refractivity contribution is 7.09. The van der Waals surface area contributed by atoms with Gasteiger partial charge < -0.3 is 10.4 Å². The Labute approximate surface area is 96.8 Å². The number of rotatable bonds is 4. The molecule has 1 rings (SSSR count). The number of carbonyl (C=O) groups is 2. The Hall–Kier alpha value is -1.69. The molecule has 16 heavy (non-hydrogen) atoms. The Morgan fingerprint density at radius 2 is 2.31 bits per heavy atom. The molecule has 0 atom stereocenters. The second kappa shape index (κ2) is 5.41. The van der Waals surface area contributed by atoms with Crippen molar-refractivity contribution in [1.29, 1.82) is 0 Å². The molecule has 1 amide bonds. The predicted molar refractivity (Wildman–Crippen MR) is 60.4 cm³/mol. The number of hydrogen-bond acceptors (Lipinski definition) is 4. The fourth-order valence-corrected chi connectivity index (χ4v) is 1.62. The fraction of sp³-hybridized carbons (Fsp3) is 0.300. The summed E-state index contributed by atoms with van der Waals surface area (Å²) in [6, 6.07) is 0. The number of thiazole rings is 1. The highest BCUT2D eigenvalue weighted by Crippen LogP contribution is 2.09. The molecule has 0 fully saturated rings. The van der Waals surface area contributed by atoms with Crippen molar-refractivity contribution >= 4 is 23.2 Å². The van der Waals surface area contributed by atoms with Crippen LogP contribution in [0.3, 0.4) is 0 Å². The normalized spacial score (nSPS) is 11.2. The van der Waals surface area contributed by atoms with Gasteiger partial charge in [-0.2, -0.15) is 0 Å². The van der Waals surface area contributed by atoms with Gasteiger partial charge in [-0.25, -0.2) is 9.78 Å². The van der Waals surface area contributed by atoms with Crippen molar-refractivity contribution in [1.82, 2.24) is 10.3 Å². The third kappa shape index (κ3) is 3.16. The summed E-state index contributed by atoms with van der Waals surface area (Å²) < 4.78 is 0. The molecule has 6 heteroatoms. The van der Waals surface area contributed by atoms with Crippen LogP contribution in [0.2, 0.25) is 0 Å². The van der Waals surface area contributed by atoms with E-state index in [0.29, 0.717) is 10.6 Å². The maximum absolute atomic E-state index is 11.4. The van der Waals surface area contributed by atoms with Crippen LogP contribution in [0.1, 0.15) is 29.3 Å². The lowest BCUT2D eigenvalue weighted by Crippen LogP contribution is -2.23. The fourth-order valence-electron chi connectivity index (χ4n) is 0.917. The maximum Gasteiger partial charge on any atom is 0.355 e. The topological polar surface area (TPSA) is 79.3 Å². The summed E-state index contributed by atoms with van der Waals surface area (Å²) in [7, 11) is 0. The second-order valence-corrected chi connectivity index (χ2v) is 4.03. The molecule has 0 saturated carbocycles. The third-order valence-corrected chi connectivity index (χ3v) is 2.81. The lowest BCUT2D eigenvalue weighted by atomic mass is 10.3. The summed E-state index contributed by atoms with van der Waals surface area (Å²) in [5, 5.41) is 13.3. The Kier molecular flexibility index (Phi) is 4.19. The van der Waals surface area contributed by atoms with Crippen LogP contribution < -0.4 is 5.32 Å². The number of aromatic carboxylic acids is 1. The van der Waals surface area contributed by atoms with E-state index in [1.807, 2.05) is 0 Å². The van der Waals surface area contributed by atoms with Gasteiger partial charge in [0.1, 0.15) is 5.01 Å². The minimum absolute atomic E-state index is 0.0111. The molecule has 1 heterocycles. The summed E-state index contributed by atoms with van der Waals surface area (Å²) in [5.74, 6) is -1.23. The molecule has 0 aliphatic heterocycles. The smallest absolute Gasteiger partial charge is 0.355 e. The Bertz CT molecular complexity index is 437. The summed E-state index contributed by atoms with van der Waals surface area (Å²) in [4.78, 5) is 25.8. The van der Waals surface area contributed by atoms with E-state index in [2.05, 4.69) is 10.3 Å². The summed E-state index contributed by atoms with van der Waals surface area (Å²) in [6.45, 7) is 3.74. The molecular weight excluding hydrogens is 228 g/mol. The van der Waals surface area contributed by atoms with Crippen LogP contribution >= 0.6 is 11.3 Å². The van der Waals surface area contributed by atoms with E-state index in [0.717, 1.165) is 0 Å². The predicted octanol–water partition coefficient (Wildman–Crippen LogP) is 1.42. The van der Waals surface area contributed by atoms with Gasteiger partial charge in [0.15, 0.2) is 5.69 Å². The van der Waals surface area contributed by atoms with Crippen molar-refractivity contribution in [2.75, 3.05) is 0 Å². The average Bonchev–Trinajstić information content (AvgIpc) is 2.73. The van der Waals surface area contributed by atoms with Crippen LogP contribution in [0, 0.1) is 0 Å². The minimum Gasteiger partial charge on any atom is -0.476 e. The van der Waals surface area contributed by atoms with Gasteiger partial charge in [0, 0.05) is 11.0 Å².